The van der Waals surface area contributed by atoms with Crippen LogP contribution in [0, 0.1) is 0 Å². The summed E-state index contributed by atoms with van der Waals surface area (Å²) in [5.74, 6) is -0.439. The van der Waals surface area contributed by atoms with Crippen LogP contribution in [-0.4, -0.2) is 15.8 Å². The van der Waals surface area contributed by atoms with Gasteiger partial charge in [0.05, 0.1) is 12.5 Å². The standard InChI is InChI=1S/C13H13FN2O/c1-3-5-11(6-12(14)4-2)8-16-10-15-7-13(16)9-17/h3-7,9-10H,1-2,8H2/b11-5+,12-6+. The Kier molecular flexibility index (Phi) is 4.81. The van der Waals surface area contributed by atoms with Gasteiger partial charge in [-0.15, -0.1) is 0 Å². The highest BCUT2D eigenvalue weighted by molar-refractivity contribution is 5.71. The van der Waals surface area contributed by atoms with E-state index < -0.39 is 5.83 Å². The summed E-state index contributed by atoms with van der Waals surface area (Å²) in [5, 5.41) is 0. The van der Waals surface area contributed by atoms with Crippen molar-refractivity contribution in [3.05, 3.63) is 67.1 Å². The number of aldehydes is 1. The van der Waals surface area contributed by atoms with E-state index in [1.807, 2.05) is 0 Å². The van der Waals surface area contributed by atoms with E-state index in [9.17, 15) is 9.18 Å². The summed E-state index contributed by atoms with van der Waals surface area (Å²) in [4.78, 5) is 14.5. The van der Waals surface area contributed by atoms with Crippen LogP contribution in [-0.2, 0) is 6.54 Å². The van der Waals surface area contributed by atoms with Crippen LogP contribution in [0.2, 0.25) is 0 Å². The molecular weight excluding hydrogens is 219 g/mol. The van der Waals surface area contributed by atoms with Gasteiger partial charge in [-0.25, -0.2) is 9.37 Å². The van der Waals surface area contributed by atoms with Crippen molar-refractivity contribution in [1.82, 2.24) is 9.55 Å². The number of aromatic nitrogens is 2. The first kappa shape index (κ1) is 12.8. The fourth-order valence-electron chi connectivity index (χ4n) is 1.29. The molecule has 0 atom stereocenters. The summed E-state index contributed by atoms with van der Waals surface area (Å²) in [5.41, 5.74) is 1.10. The molecule has 0 radical (unpaired) electrons. The topological polar surface area (TPSA) is 34.9 Å². The molecule has 0 saturated heterocycles. The lowest BCUT2D eigenvalue weighted by Crippen LogP contribution is -2.02. The second kappa shape index (κ2) is 6.37. The lowest BCUT2D eigenvalue weighted by Gasteiger charge is -2.05. The van der Waals surface area contributed by atoms with Crippen LogP contribution in [0.15, 0.2) is 61.4 Å². The Labute approximate surface area is 99.3 Å². The predicted octanol–water partition coefficient (Wildman–Crippen LogP) is 2.85. The van der Waals surface area contributed by atoms with Crippen molar-refractivity contribution in [2.75, 3.05) is 0 Å². The van der Waals surface area contributed by atoms with Crippen molar-refractivity contribution >= 4 is 6.29 Å². The van der Waals surface area contributed by atoms with E-state index >= 15 is 0 Å². The number of hydrogen-bond donors (Lipinski definition) is 0. The van der Waals surface area contributed by atoms with Gasteiger partial charge in [0.1, 0.15) is 11.5 Å². The van der Waals surface area contributed by atoms with Crippen LogP contribution < -0.4 is 0 Å². The van der Waals surface area contributed by atoms with E-state index in [-0.39, 0.29) is 0 Å². The number of nitrogens with zero attached hydrogens (tertiary/aromatic N) is 2. The summed E-state index contributed by atoms with van der Waals surface area (Å²) in [7, 11) is 0. The third-order valence-corrected chi connectivity index (χ3v) is 2.07. The van der Waals surface area contributed by atoms with E-state index in [0.717, 1.165) is 6.08 Å². The van der Waals surface area contributed by atoms with Crippen molar-refractivity contribution in [1.29, 1.82) is 0 Å². The summed E-state index contributed by atoms with van der Waals surface area (Å²) in [6.07, 6.45) is 9.34. The zero-order valence-corrected chi connectivity index (χ0v) is 9.34. The molecule has 0 aliphatic heterocycles. The van der Waals surface area contributed by atoms with Gasteiger partial charge in [-0.2, -0.15) is 0 Å². The molecule has 3 nitrogen and oxygen atoms in total. The van der Waals surface area contributed by atoms with Crippen LogP contribution >= 0.6 is 0 Å². The summed E-state index contributed by atoms with van der Waals surface area (Å²) < 4.78 is 14.7. The molecule has 0 fully saturated rings. The van der Waals surface area contributed by atoms with Gasteiger partial charge in [-0.05, 0) is 17.7 Å². The molecule has 1 rings (SSSR count). The minimum Gasteiger partial charge on any atom is -0.324 e. The first-order valence-corrected chi connectivity index (χ1v) is 4.97. The largest absolute Gasteiger partial charge is 0.324 e. The Morgan fingerprint density at radius 2 is 2.29 bits per heavy atom. The minimum atomic E-state index is -0.439. The van der Waals surface area contributed by atoms with Gasteiger partial charge in [-0.1, -0.05) is 25.3 Å². The van der Waals surface area contributed by atoms with Gasteiger partial charge >= 0.3 is 0 Å². The van der Waals surface area contributed by atoms with Gasteiger partial charge in [0, 0.05) is 6.54 Å². The fourth-order valence-corrected chi connectivity index (χ4v) is 1.29. The molecule has 0 aliphatic carbocycles. The van der Waals surface area contributed by atoms with Crippen LogP contribution in [0.4, 0.5) is 4.39 Å². The van der Waals surface area contributed by atoms with Gasteiger partial charge in [0.15, 0.2) is 6.29 Å². The lowest BCUT2D eigenvalue weighted by atomic mass is 10.2. The number of hydrogen-bond acceptors (Lipinski definition) is 2. The highest BCUT2D eigenvalue weighted by atomic mass is 19.1. The van der Waals surface area contributed by atoms with E-state index in [4.69, 9.17) is 0 Å². The molecule has 4 heteroatoms. The Hall–Kier alpha value is -2.23. The Balaban J connectivity index is 2.96. The normalized spacial score (nSPS) is 12.3. The number of allylic oxidation sites excluding steroid dienone is 6. The first-order chi connectivity index (χ1) is 8.21. The number of rotatable bonds is 6. The molecule has 1 aromatic rings. The molecule has 17 heavy (non-hydrogen) atoms. The second-order valence-electron chi connectivity index (χ2n) is 3.27. The fraction of sp³-hybridized carbons (Fsp3) is 0.0769. The van der Waals surface area contributed by atoms with Crippen LogP contribution in [0.25, 0.3) is 0 Å². The Morgan fingerprint density at radius 1 is 1.53 bits per heavy atom. The van der Waals surface area contributed by atoms with E-state index in [2.05, 4.69) is 18.1 Å². The highest BCUT2D eigenvalue weighted by Gasteiger charge is 2.02. The molecule has 1 aromatic heterocycles. The molecule has 0 amide bonds. The number of imidazole rings is 1. The zero-order chi connectivity index (χ0) is 12.7. The summed E-state index contributed by atoms with van der Waals surface area (Å²) >= 11 is 0. The highest BCUT2D eigenvalue weighted by Crippen LogP contribution is 2.09. The second-order valence-corrected chi connectivity index (χ2v) is 3.27. The molecule has 0 spiro atoms. The van der Waals surface area contributed by atoms with Gasteiger partial charge in [-0.3, -0.25) is 4.79 Å². The van der Waals surface area contributed by atoms with Crippen LogP contribution in [0.1, 0.15) is 10.5 Å². The molecule has 0 aliphatic rings. The van der Waals surface area contributed by atoms with Crippen molar-refractivity contribution in [2.45, 2.75) is 6.54 Å². The molecule has 0 N–H and O–H groups in total. The third-order valence-electron chi connectivity index (χ3n) is 2.07. The third kappa shape index (κ3) is 3.68. The van der Waals surface area contributed by atoms with E-state index in [1.54, 1.807) is 16.7 Å². The predicted molar refractivity (Wildman–Crippen MR) is 65.3 cm³/mol. The average Bonchev–Trinajstić information content (AvgIpc) is 2.76. The van der Waals surface area contributed by atoms with Gasteiger partial charge in [0.25, 0.3) is 0 Å². The molecule has 1 heterocycles. The average molecular weight is 232 g/mol. The minimum absolute atomic E-state index is 0.349. The number of halogens is 1. The summed E-state index contributed by atoms with van der Waals surface area (Å²) in [6, 6.07) is 0. The van der Waals surface area contributed by atoms with Crippen molar-refractivity contribution in [3.63, 3.8) is 0 Å². The van der Waals surface area contributed by atoms with E-state index in [0.29, 0.717) is 24.1 Å². The van der Waals surface area contributed by atoms with Gasteiger partial charge < -0.3 is 4.57 Å². The molecule has 0 saturated carbocycles. The Bertz CT molecular complexity index is 483. The monoisotopic (exact) mass is 232 g/mol. The van der Waals surface area contributed by atoms with Gasteiger partial charge in [0.2, 0.25) is 0 Å². The summed E-state index contributed by atoms with van der Waals surface area (Å²) in [6.45, 7) is 7.24. The molecular formula is C13H13FN2O. The van der Waals surface area contributed by atoms with Crippen LogP contribution in [0.5, 0.6) is 0 Å². The maximum absolute atomic E-state index is 13.1. The quantitative estimate of drug-likeness (QED) is 0.558. The smallest absolute Gasteiger partial charge is 0.168 e. The lowest BCUT2D eigenvalue weighted by molar-refractivity contribution is 0.111. The number of carbonyl (C=O) groups excluding carboxylic acids is 1. The molecule has 0 bridgehead atoms. The van der Waals surface area contributed by atoms with Crippen molar-refractivity contribution < 1.29 is 9.18 Å². The first-order valence-electron chi connectivity index (χ1n) is 4.97. The molecule has 88 valence electrons. The van der Waals surface area contributed by atoms with Crippen LogP contribution in [0.3, 0.4) is 0 Å². The van der Waals surface area contributed by atoms with E-state index in [1.165, 1.54) is 18.6 Å². The van der Waals surface area contributed by atoms with Crippen molar-refractivity contribution in [2.24, 2.45) is 0 Å². The SMILES string of the molecule is C=C/C=C(\C=C(\F)C=C)Cn1cncc1C=O. The van der Waals surface area contributed by atoms with Crippen molar-refractivity contribution in [3.8, 4) is 0 Å². The maximum Gasteiger partial charge on any atom is 0.168 e. The molecule has 0 aromatic carbocycles. The molecule has 0 unspecified atom stereocenters. The zero-order valence-electron chi connectivity index (χ0n) is 9.34. The number of carbonyl (C=O) groups is 1. The Morgan fingerprint density at radius 3 is 2.88 bits per heavy atom. The maximum atomic E-state index is 13.1.